The molecule has 0 unspecified atom stereocenters. The molecule has 2 rings (SSSR count). The highest BCUT2D eigenvalue weighted by molar-refractivity contribution is 6.08. The highest BCUT2D eigenvalue weighted by atomic mass is 16.5. The summed E-state index contributed by atoms with van der Waals surface area (Å²) in [6.07, 6.45) is 3.52. The molecule has 0 fully saturated rings. The molecular weight excluding hydrogens is 196 g/mol. The lowest BCUT2D eigenvalue weighted by atomic mass is 10.1. The van der Waals surface area contributed by atoms with Gasteiger partial charge in [-0.2, -0.15) is 0 Å². The lowest BCUT2D eigenvalue weighted by molar-refractivity contribution is 0.102. The van der Waals surface area contributed by atoms with Crippen LogP contribution in [0.3, 0.4) is 0 Å². The molecule has 0 atom stereocenters. The van der Waals surface area contributed by atoms with Crippen LogP contribution in [0.25, 0.3) is 0 Å². The van der Waals surface area contributed by atoms with Crippen LogP contribution >= 0.6 is 0 Å². The maximum absolute atomic E-state index is 11.8. The molecule has 0 aromatic carbocycles. The number of rotatable bonds is 3. The Hall–Kier alpha value is -2.17. The second-order valence-electron chi connectivity index (χ2n) is 3.08. The van der Waals surface area contributed by atoms with Gasteiger partial charge in [0.25, 0.3) is 0 Å². The summed E-state index contributed by atoms with van der Waals surface area (Å²) in [7, 11) is 0. The maximum atomic E-state index is 11.8. The number of aldehydes is 1. The zero-order valence-corrected chi connectivity index (χ0v) is 7.98. The van der Waals surface area contributed by atoms with Crippen LogP contribution < -0.4 is 0 Å². The Morgan fingerprint density at radius 1 is 1.60 bits per heavy atom. The third-order valence-electron chi connectivity index (χ3n) is 2.20. The van der Waals surface area contributed by atoms with Crippen LogP contribution in [-0.4, -0.2) is 22.2 Å². The van der Waals surface area contributed by atoms with Gasteiger partial charge in [0.15, 0.2) is 12.0 Å². The van der Waals surface area contributed by atoms with Crippen molar-refractivity contribution in [2.75, 3.05) is 0 Å². The second-order valence-corrected chi connectivity index (χ2v) is 3.08. The summed E-state index contributed by atoms with van der Waals surface area (Å²) in [5, 5.41) is 3.54. The summed E-state index contributed by atoms with van der Waals surface area (Å²) in [6.45, 7) is 1.70. The van der Waals surface area contributed by atoms with Gasteiger partial charge in [0.05, 0.1) is 5.69 Å². The SMILES string of the molecule is Cc1c(C=O)c[nH]c1C(=O)c1ccon1. The van der Waals surface area contributed by atoms with Crippen LogP contribution in [0.1, 0.15) is 32.1 Å². The summed E-state index contributed by atoms with van der Waals surface area (Å²) in [5.41, 5.74) is 1.68. The smallest absolute Gasteiger partial charge is 0.231 e. The first-order chi connectivity index (χ1) is 7.24. The molecule has 5 nitrogen and oxygen atoms in total. The first-order valence-corrected chi connectivity index (χ1v) is 4.32. The molecule has 0 aliphatic rings. The number of ketones is 1. The van der Waals surface area contributed by atoms with E-state index in [2.05, 4.69) is 14.7 Å². The number of hydrogen-bond donors (Lipinski definition) is 1. The van der Waals surface area contributed by atoms with Crippen molar-refractivity contribution in [3.05, 3.63) is 41.0 Å². The van der Waals surface area contributed by atoms with E-state index in [-0.39, 0.29) is 11.5 Å². The van der Waals surface area contributed by atoms with Crippen LogP contribution in [-0.2, 0) is 0 Å². The fourth-order valence-electron chi connectivity index (χ4n) is 1.33. The lowest BCUT2D eigenvalue weighted by Gasteiger charge is -1.94. The van der Waals surface area contributed by atoms with Crippen LogP contribution in [0, 0.1) is 6.92 Å². The fourth-order valence-corrected chi connectivity index (χ4v) is 1.33. The first-order valence-electron chi connectivity index (χ1n) is 4.32. The number of aromatic nitrogens is 2. The van der Waals surface area contributed by atoms with Crippen LogP contribution in [0.15, 0.2) is 23.0 Å². The van der Waals surface area contributed by atoms with E-state index in [9.17, 15) is 9.59 Å². The van der Waals surface area contributed by atoms with Gasteiger partial charge in [-0.15, -0.1) is 0 Å². The molecule has 5 heteroatoms. The van der Waals surface area contributed by atoms with Crippen molar-refractivity contribution in [1.29, 1.82) is 0 Å². The van der Waals surface area contributed by atoms with Gasteiger partial charge < -0.3 is 9.51 Å². The first kappa shape index (κ1) is 9.39. The third-order valence-corrected chi connectivity index (χ3v) is 2.20. The molecule has 0 bridgehead atoms. The zero-order valence-electron chi connectivity index (χ0n) is 7.98. The molecule has 0 spiro atoms. The van der Waals surface area contributed by atoms with Gasteiger partial charge in [-0.25, -0.2) is 0 Å². The topological polar surface area (TPSA) is 76.0 Å². The van der Waals surface area contributed by atoms with Gasteiger partial charge in [0.2, 0.25) is 5.78 Å². The minimum absolute atomic E-state index is 0.220. The minimum atomic E-state index is -0.283. The van der Waals surface area contributed by atoms with Crippen molar-refractivity contribution in [1.82, 2.24) is 10.1 Å². The minimum Gasteiger partial charge on any atom is -0.364 e. The quantitative estimate of drug-likeness (QED) is 0.604. The highest BCUT2D eigenvalue weighted by Gasteiger charge is 2.17. The molecule has 0 radical (unpaired) electrons. The molecule has 0 amide bonds. The van der Waals surface area contributed by atoms with E-state index in [4.69, 9.17) is 0 Å². The predicted molar refractivity (Wildman–Crippen MR) is 50.9 cm³/mol. The molecule has 0 saturated heterocycles. The molecule has 2 aromatic rings. The Kier molecular flexibility index (Phi) is 2.21. The average Bonchev–Trinajstić information content (AvgIpc) is 2.85. The van der Waals surface area contributed by atoms with E-state index in [1.807, 2.05) is 0 Å². The summed E-state index contributed by atoms with van der Waals surface area (Å²) >= 11 is 0. The van der Waals surface area contributed by atoms with E-state index in [1.165, 1.54) is 18.5 Å². The molecule has 1 N–H and O–H groups in total. The summed E-state index contributed by atoms with van der Waals surface area (Å²) < 4.78 is 4.58. The number of carbonyl (C=O) groups excluding carboxylic acids is 2. The molecule has 15 heavy (non-hydrogen) atoms. The van der Waals surface area contributed by atoms with E-state index in [0.29, 0.717) is 23.1 Å². The number of hydrogen-bond acceptors (Lipinski definition) is 4. The number of H-pyrrole nitrogens is 1. The monoisotopic (exact) mass is 204 g/mol. The predicted octanol–water partition coefficient (Wildman–Crippen LogP) is 1.35. The lowest BCUT2D eigenvalue weighted by Crippen LogP contribution is -2.04. The van der Waals surface area contributed by atoms with E-state index < -0.39 is 0 Å². The Morgan fingerprint density at radius 2 is 2.40 bits per heavy atom. The van der Waals surface area contributed by atoms with Crippen LogP contribution in [0.5, 0.6) is 0 Å². The number of aromatic amines is 1. The van der Waals surface area contributed by atoms with Gasteiger partial charge in [0, 0.05) is 17.8 Å². The van der Waals surface area contributed by atoms with Gasteiger partial charge in [-0.05, 0) is 12.5 Å². The van der Waals surface area contributed by atoms with Gasteiger partial charge in [0.1, 0.15) is 6.26 Å². The molecule has 2 heterocycles. The molecule has 76 valence electrons. The summed E-state index contributed by atoms with van der Waals surface area (Å²) in [4.78, 5) is 25.1. The van der Waals surface area contributed by atoms with Crippen molar-refractivity contribution in [3.8, 4) is 0 Å². The van der Waals surface area contributed by atoms with E-state index >= 15 is 0 Å². The van der Waals surface area contributed by atoms with Crippen molar-refractivity contribution in [2.45, 2.75) is 6.92 Å². The molecule has 0 saturated carbocycles. The van der Waals surface area contributed by atoms with Crippen molar-refractivity contribution < 1.29 is 14.1 Å². The van der Waals surface area contributed by atoms with Crippen LogP contribution in [0.4, 0.5) is 0 Å². The number of nitrogens with zero attached hydrogens (tertiary/aromatic N) is 1. The molecular formula is C10H8N2O3. The Labute approximate surface area is 85.1 Å². The molecule has 0 aliphatic carbocycles. The van der Waals surface area contributed by atoms with E-state index in [1.54, 1.807) is 6.92 Å². The van der Waals surface area contributed by atoms with Crippen molar-refractivity contribution in [2.24, 2.45) is 0 Å². The van der Waals surface area contributed by atoms with Crippen molar-refractivity contribution >= 4 is 12.1 Å². The van der Waals surface area contributed by atoms with Gasteiger partial charge >= 0.3 is 0 Å². The standard InChI is InChI=1S/C10H8N2O3/c1-6-7(5-13)4-11-9(6)10(14)8-2-3-15-12-8/h2-5,11H,1H3. The fraction of sp³-hybridized carbons (Fsp3) is 0.100. The Balaban J connectivity index is 2.42. The van der Waals surface area contributed by atoms with Gasteiger partial charge in [-0.1, -0.05) is 5.16 Å². The third kappa shape index (κ3) is 1.48. The number of carbonyl (C=O) groups is 2. The molecule has 0 aliphatic heterocycles. The normalized spacial score (nSPS) is 10.2. The Morgan fingerprint density at radius 3 is 2.93 bits per heavy atom. The second kappa shape index (κ2) is 3.53. The van der Waals surface area contributed by atoms with Gasteiger partial charge in [-0.3, -0.25) is 9.59 Å². The largest absolute Gasteiger partial charge is 0.364 e. The van der Waals surface area contributed by atoms with E-state index in [0.717, 1.165) is 0 Å². The Bertz CT molecular complexity index is 497. The molecule has 2 aromatic heterocycles. The van der Waals surface area contributed by atoms with Crippen LogP contribution in [0.2, 0.25) is 0 Å². The average molecular weight is 204 g/mol. The maximum Gasteiger partial charge on any atom is 0.231 e. The summed E-state index contributed by atoms with van der Waals surface area (Å²) in [6, 6.07) is 1.48. The number of nitrogens with one attached hydrogen (secondary N) is 1. The summed E-state index contributed by atoms with van der Waals surface area (Å²) in [5.74, 6) is -0.283. The highest BCUT2D eigenvalue weighted by Crippen LogP contribution is 2.14. The zero-order chi connectivity index (χ0) is 10.8. The van der Waals surface area contributed by atoms with Crippen molar-refractivity contribution in [3.63, 3.8) is 0 Å².